The summed E-state index contributed by atoms with van der Waals surface area (Å²) in [6.07, 6.45) is 6.13. The van der Waals surface area contributed by atoms with Crippen molar-refractivity contribution >= 4 is 33.8 Å². The van der Waals surface area contributed by atoms with Crippen molar-refractivity contribution in [1.29, 1.82) is 0 Å². The maximum Gasteiger partial charge on any atom is 0.0351 e. The molecule has 2 aromatic heterocycles. The van der Waals surface area contributed by atoms with Gasteiger partial charge in [-0.05, 0) is 65.8 Å². The molecule has 2 heteroatoms. The molecule has 4 aromatic rings. The van der Waals surface area contributed by atoms with Crippen molar-refractivity contribution in [2.24, 2.45) is 11.8 Å². The van der Waals surface area contributed by atoms with E-state index in [0.717, 1.165) is 0 Å². The molecule has 152 valence electrons. The normalized spacial score (nSPS) is 19.5. The second kappa shape index (κ2) is 7.47. The summed E-state index contributed by atoms with van der Waals surface area (Å²) in [4.78, 5) is 5.62. The molecule has 31 heavy (non-hydrogen) atoms. The van der Waals surface area contributed by atoms with Crippen molar-refractivity contribution in [3.63, 3.8) is 0 Å². The molecule has 2 bridgehead atoms. The lowest BCUT2D eigenvalue weighted by molar-refractivity contribution is 0.746. The predicted molar refractivity (Wildman–Crippen MR) is 137 cm³/mol. The fourth-order valence-electron chi connectivity index (χ4n) is 5.20. The Hall–Kier alpha value is -2.68. The van der Waals surface area contributed by atoms with E-state index in [9.17, 15) is 0 Å². The van der Waals surface area contributed by atoms with Crippen LogP contribution in [0.1, 0.15) is 27.3 Å². The van der Waals surface area contributed by atoms with Crippen LogP contribution in [0.25, 0.3) is 32.0 Å². The highest BCUT2D eigenvalue weighted by molar-refractivity contribution is 7.16. The third kappa shape index (κ3) is 3.17. The van der Waals surface area contributed by atoms with Gasteiger partial charge < -0.3 is 0 Å². The highest BCUT2D eigenvalue weighted by Gasteiger charge is 2.38. The van der Waals surface area contributed by atoms with Gasteiger partial charge in [-0.3, -0.25) is 0 Å². The maximum absolute atomic E-state index is 2.45. The third-order valence-corrected chi connectivity index (χ3v) is 8.85. The second-order valence-electron chi connectivity index (χ2n) is 8.55. The van der Waals surface area contributed by atoms with Crippen LogP contribution < -0.4 is 0 Å². The Morgan fingerprint density at radius 2 is 1.03 bits per heavy atom. The summed E-state index contributed by atoms with van der Waals surface area (Å²) in [5, 5.41) is 0. The van der Waals surface area contributed by atoms with Gasteiger partial charge in [0.25, 0.3) is 0 Å². The first kappa shape index (κ1) is 19.0. The van der Waals surface area contributed by atoms with Crippen LogP contribution in [0.2, 0.25) is 0 Å². The summed E-state index contributed by atoms with van der Waals surface area (Å²) >= 11 is 3.86. The third-order valence-electron chi connectivity index (χ3n) is 6.65. The van der Waals surface area contributed by atoms with Gasteiger partial charge >= 0.3 is 0 Å². The van der Waals surface area contributed by atoms with E-state index in [1.165, 1.54) is 48.2 Å². The van der Waals surface area contributed by atoms with Gasteiger partial charge in [0.15, 0.2) is 0 Å². The molecule has 6 rings (SSSR count). The molecule has 0 fully saturated rings. The second-order valence-corrected chi connectivity index (χ2v) is 11.1. The largest absolute Gasteiger partial charge is 0.140 e. The molecule has 0 N–H and O–H groups in total. The van der Waals surface area contributed by atoms with Crippen molar-refractivity contribution in [1.82, 2.24) is 0 Å². The minimum atomic E-state index is 0.552. The van der Waals surface area contributed by atoms with Crippen molar-refractivity contribution in [2.45, 2.75) is 20.3 Å². The zero-order valence-corrected chi connectivity index (χ0v) is 19.4. The van der Waals surface area contributed by atoms with Crippen LogP contribution in [0.5, 0.6) is 0 Å². The Bertz CT molecular complexity index is 1210. The van der Waals surface area contributed by atoms with E-state index in [2.05, 4.69) is 98.8 Å². The van der Waals surface area contributed by atoms with E-state index in [-0.39, 0.29) is 0 Å². The lowest BCUT2D eigenvalue weighted by Gasteiger charge is -2.17. The highest BCUT2D eigenvalue weighted by Crippen LogP contribution is 2.55. The number of allylic oxidation sites excluding steroid dienone is 4. The van der Waals surface area contributed by atoms with Crippen LogP contribution in [-0.2, 0) is 0 Å². The van der Waals surface area contributed by atoms with Gasteiger partial charge in [-0.1, -0.05) is 72.8 Å². The molecule has 2 heterocycles. The molecule has 2 aromatic carbocycles. The van der Waals surface area contributed by atoms with Gasteiger partial charge in [-0.15, -0.1) is 22.7 Å². The maximum atomic E-state index is 2.45. The summed E-state index contributed by atoms with van der Waals surface area (Å²) in [7, 11) is 0. The Morgan fingerprint density at radius 3 is 1.45 bits per heavy atom. The SMILES string of the molecule is Cc1sc(-c2ccccc2)cc1C1=C(c2cc(-c3ccccc3)sc2C)C2C=CC1C2. The Balaban J connectivity index is 1.49. The fourth-order valence-corrected chi connectivity index (χ4v) is 7.28. The van der Waals surface area contributed by atoms with E-state index in [1.54, 1.807) is 11.1 Å². The Morgan fingerprint density at radius 1 is 0.613 bits per heavy atom. The number of hydrogen-bond donors (Lipinski definition) is 0. The van der Waals surface area contributed by atoms with Crippen LogP contribution in [0, 0.1) is 25.7 Å². The van der Waals surface area contributed by atoms with Gasteiger partial charge in [0.05, 0.1) is 0 Å². The van der Waals surface area contributed by atoms with Crippen molar-refractivity contribution in [2.75, 3.05) is 0 Å². The molecule has 0 spiro atoms. The van der Waals surface area contributed by atoms with Crippen molar-refractivity contribution in [3.05, 3.63) is 106 Å². The van der Waals surface area contributed by atoms with Gasteiger partial charge in [-0.2, -0.15) is 0 Å². The first-order valence-corrected chi connectivity index (χ1v) is 12.6. The molecule has 2 aliphatic carbocycles. The molecule has 2 aliphatic rings. The zero-order chi connectivity index (χ0) is 20.9. The van der Waals surface area contributed by atoms with E-state index in [0.29, 0.717) is 11.8 Å². The van der Waals surface area contributed by atoms with Gasteiger partial charge in [0.1, 0.15) is 0 Å². The molecule has 0 amide bonds. The summed E-state index contributed by atoms with van der Waals surface area (Å²) in [6, 6.07) is 26.5. The van der Waals surface area contributed by atoms with Crippen LogP contribution in [0.4, 0.5) is 0 Å². The molecule has 0 aliphatic heterocycles. The average Bonchev–Trinajstić information content (AvgIpc) is 3.58. The quantitative estimate of drug-likeness (QED) is 0.280. The molecular weight excluding hydrogens is 412 g/mol. The lowest BCUT2D eigenvalue weighted by Crippen LogP contribution is -1.98. The average molecular weight is 437 g/mol. The first-order chi connectivity index (χ1) is 15.2. The number of thiophene rings is 2. The molecular formula is C29H24S2. The van der Waals surface area contributed by atoms with Gasteiger partial charge in [0, 0.05) is 31.3 Å². The lowest BCUT2D eigenvalue weighted by atomic mass is 9.87. The van der Waals surface area contributed by atoms with Gasteiger partial charge in [0.2, 0.25) is 0 Å². The smallest absolute Gasteiger partial charge is 0.0351 e. The van der Waals surface area contributed by atoms with Crippen LogP contribution in [0.3, 0.4) is 0 Å². The Kier molecular flexibility index (Phi) is 4.59. The van der Waals surface area contributed by atoms with E-state index in [4.69, 9.17) is 0 Å². The molecule has 2 atom stereocenters. The summed E-state index contributed by atoms with van der Waals surface area (Å²) < 4.78 is 0. The highest BCUT2D eigenvalue weighted by atomic mass is 32.1. The van der Waals surface area contributed by atoms with E-state index < -0.39 is 0 Å². The fraction of sp³-hybridized carbons (Fsp3) is 0.172. The first-order valence-electron chi connectivity index (χ1n) is 10.9. The summed E-state index contributed by atoms with van der Waals surface area (Å²) in [5.41, 5.74) is 8.71. The monoisotopic (exact) mass is 436 g/mol. The van der Waals surface area contributed by atoms with Crippen LogP contribution in [-0.4, -0.2) is 0 Å². The van der Waals surface area contributed by atoms with Crippen molar-refractivity contribution in [3.8, 4) is 20.9 Å². The summed E-state index contributed by atoms with van der Waals surface area (Å²) in [5.74, 6) is 1.10. The topological polar surface area (TPSA) is 0 Å². The number of rotatable bonds is 4. The van der Waals surface area contributed by atoms with Crippen LogP contribution >= 0.6 is 22.7 Å². The van der Waals surface area contributed by atoms with Gasteiger partial charge in [-0.25, -0.2) is 0 Å². The molecule has 0 saturated heterocycles. The van der Waals surface area contributed by atoms with E-state index in [1.807, 2.05) is 22.7 Å². The zero-order valence-electron chi connectivity index (χ0n) is 17.8. The molecule has 0 radical (unpaired) electrons. The number of aryl methyl sites for hydroxylation is 2. The van der Waals surface area contributed by atoms with E-state index >= 15 is 0 Å². The number of hydrogen-bond acceptors (Lipinski definition) is 2. The molecule has 2 unspecified atom stereocenters. The minimum absolute atomic E-state index is 0.552. The number of fused-ring (bicyclic) bond motifs is 2. The molecule has 0 nitrogen and oxygen atoms in total. The standard InChI is InChI=1S/C29H24S2/c1-18-24(16-26(30-18)20-9-5-3-6-10-20)28-22-13-14-23(15-22)29(28)25-17-27(31-19(25)2)21-11-7-4-8-12-21/h3-14,16-17,22-23H,15H2,1-2H3. The van der Waals surface area contributed by atoms with Crippen molar-refractivity contribution < 1.29 is 0 Å². The summed E-state index contributed by atoms with van der Waals surface area (Å²) in [6.45, 7) is 4.59. The Labute approximate surface area is 192 Å². The molecule has 0 saturated carbocycles. The predicted octanol–water partition coefficient (Wildman–Crippen LogP) is 8.88. The number of benzene rings is 2. The van der Waals surface area contributed by atoms with Crippen LogP contribution in [0.15, 0.2) is 84.9 Å². The minimum Gasteiger partial charge on any atom is -0.140 e.